The minimum absolute atomic E-state index is 0.00818. The maximum Gasteiger partial charge on any atom is 0.321 e. The Kier molecular flexibility index (Phi) is 4.96. The van der Waals surface area contributed by atoms with Gasteiger partial charge >= 0.3 is 6.03 Å². The minimum Gasteiger partial charge on any atom is -0.378 e. The Morgan fingerprint density at radius 2 is 1.59 bits per heavy atom. The van der Waals surface area contributed by atoms with Crippen LogP contribution in [0.5, 0.6) is 0 Å². The smallest absolute Gasteiger partial charge is 0.321 e. The highest BCUT2D eigenvalue weighted by atomic mass is 16.2. The molecule has 2 amide bonds. The normalized spacial score (nSPS) is 16.5. The van der Waals surface area contributed by atoms with Crippen molar-refractivity contribution in [1.29, 1.82) is 0 Å². The lowest BCUT2D eigenvalue weighted by molar-refractivity contribution is 0.0774. The predicted octanol–water partition coefficient (Wildman–Crippen LogP) is 2.70. The maximum atomic E-state index is 12.3. The summed E-state index contributed by atoms with van der Waals surface area (Å²) in [4.78, 5) is 18.7. The van der Waals surface area contributed by atoms with Crippen molar-refractivity contribution in [2.24, 2.45) is 0 Å². The molecule has 5 heteroatoms. The van der Waals surface area contributed by atoms with E-state index in [2.05, 4.69) is 31.0 Å². The lowest BCUT2D eigenvalue weighted by atomic mass is 10.1. The first kappa shape index (κ1) is 16.6. The SMILES string of the molecule is CN(C)c1ccc(NC(=O)N2CCN(C(C)(C)C)CC2)cc1. The largest absolute Gasteiger partial charge is 0.378 e. The van der Waals surface area contributed by atoms with Gasteiger partial charge in [0.25, 0.3) is 0 Å². The monoisotopic (exact) mass is 304 g/mol. The highest BCUT2D eigenvalue weighted by Gasteiger charge is 2.27. The molecule has 1 saturated heterocycles. The van der Waals surface area contributed by atoms with E-state index in [4.69, 9.17) is 0 Å². The second-order valence-corrected chi connectivity index (χ2v) is 7.02. The molecule has 2 rings (SSSR count). The molecule has 1 aromatic rings. The fraction of sp³-hybridized carbons (Fsp3) is 0.588. The molecule has 0 unspecified atom stereocenters. The quantitative estimate of drug-likeness (QED) is 0.913. The summed E-state index contributed by atoms with van der Waals surface area (Å²) < 4.78 is 0. The summed E-state index contributed by atoms with van der Waals surface area (Å²) in [5, 5.41) is 2.98. The third kappa shape index (κ3) is 4.13. The zero-order chi connectivity index (χ0) is 16.3. The Bertz CT molecular complexity index is 496. The van der Waals surface area contributed by atoms with Gasteiger partial charge in [0.2, 0.25) is 0 Å². The van der Waals surface area contributed by atoms with E-state index in [-0.39, 0.29) is 11.6 Å². The summed E-state index contributed by atoms with van der Waals surface area (Å²) >= 11 is 0. The maximum absolute atomic E-state index is 12.3. The van der Waals surface area contributed by atoms with Crippen molar-refractivity contribution < 1.29 is 4.79 Å². The number of hydrogen-bond donors (Lipinski definition) is 1. The molecule has 0 aromatic heterocycles. The van der Waals surface area contributed by atoms with Gasteiger partial charge in [-0.1, -0.05) is 0 Å². The van der Waals surface area contributed by atoms with Crippen molar-refractivity contribution in [2.45, 2.75) is 26.3 Å². The average Bonchev–Trinajstić information content (AvgIpc) is 2.47. The minimum atomic E-state index is -0.00818. The van der Waals surface area contributed by atoms with Crippen LogP contribution in [-0.4, -0.2) is 61.6 Å². The number of piperazine rings is 1. The molecule has 0 spiro atoms. The summed E-state index contributed by atoms with van der Waals surface area (Å²) in [6.45, 7) is 10.1. The lowest BCUT2D eigenvalue weighted by Gasteiger charge is -2.42. The number of hydrogen-bond acceptors (Lipinski definition) is 3. The van der Waals surface area contributed by atoms with Crippen molar-refractivity contribution in [1.82, 2.24) is 9.80 Å². The number of urea groups is 1. The van der Waals surface area contributed by atoms with Gasteiger partial charge in [-0.15, -0.1) is 0 Å². The molecule has 122 valence electrons. The van der Waals surface area contributed by atoms with E-state index < -0.39 is 0 Å². The molecule has 0 radical (unpaired) electrons. The summed E-state index contributed by atoms with van der Waals surface area (Å²) in [6.07, 6.45) is 0. The molecule has 0 bridgehead atoms. The Labute approximate surface area is 133 Å². The number of rotatable bonds is 2. The van der Waals surface area contributed by atoms with Crippen LogP contribution in [0.4, 0.5) is 16.2 Å². The molecular weight excluding hydrogens is 276 g/mol. The van der Waals surface area contributed by atoms with E-state index in [1.165, 1.54) is 0 Å². The number of nitrogens with one attached hydrogen (secondary N) is 1. The molecule has 1 aliphatic rings. The molecular formula is C17H28N4O. The fourth-order valence-corrected chi connectivity index (χ4v) is 2.63. The highest BCUT2D eigenvalue weighted by Crippen LogP contribution is 2.18. The zero-order valence-electron chi connectivity index (χ0n) is 14.4. The number of benzene rings is 1. The molecule has 0 saturated carbocycles. The van der Waals surface area contributed by atoms with Gasteiger partial charge in [0.1, 0.15) is 0 Å². The second kappa shape index (κ2) is 6.57. The number of carbonyl (C=O) groups excluding carboxylic acids is 1. The van der Waals surface area contributed by atoms with Crippen LogP contribution in [0.25, 0.3) is 0 Å². The van der Waals surface area contributed by atoms with Crippen LogP contribution in [-0.2, 0) is 0 Å². The van der Waals surface area contributed by atoms with Gasteiger partial charge in [-0.05, 0) is 45.0 Å². The Hall–Kier alpha value is -1.75. The van der Waals surface area contributed by atoms with Gasteiger partial charge in [0.05, 0.1) is 0 Å². The predicted molar refractivity (Wildman–Crippen MR) is 92.7 cm³/mol. The van der Waals surface area contributed by atoms with E-state index in [0.29, 0.717) is 0 Å². The molecule has 0 atom stereocenters. The van der Waals surface area contributed by atoms with Crippen LogP contribution in [0.2, 0.25) is 0 Å². The first-order valence-electron chi connectivity index (χ1n) is 7.86. The van der Waals surface area contributed by atoms with Gasteiger partial charge in [-0.25, -0.2) is 4.79 Å². The molecule has 1 aromatic carbocycles. The summed E-state index contributed by atoms with van der Waals surface area (Å²) in [7, 11) is 4.00. The van der Waals surface area contributed by atoms with E-state index in [1.54, 1.807) is 0 Å². The average molecular weight is 304 g/mol. The van der Waals surface area contributed by atoms with Gasteiger partial charge in [-0.2, -0.15) is 0 Å². The van der Waals surface area contributed by atoms with E-state index in [1.807, 2.05) is 48.2 Å². The van der Waals surface area contributed by atoms with E-state index >= 15 is 0 Å². The summed E-state index contributed by atoms with van der Waals surface area (Å²) in [5.41, 5.74) is 2.13. The second-order valence-electron chi connectivity index (χ2n) is 7.02. The van der Waals surface area contributed by atoms with Crippen LogP contribution in [0, 0.1) is 0 Å². The van der Waals surface area contributed by atoms with Crippen molar-refractivity contribution in [3.05, 3.63) is 24.3 Å². The highest BCUT2D eigenvalue weighted by molar-refractivity contribution is 5.89. The number of anilines is 2. The van der Waals surface area contributed by atoms with Crippen LogP contribution < -0.4 is 10.2 Å². The topological polar surface area (TPSA) is 38.8 Å². The summed E-state index contributed by atoms with van der Waals surface area (Å²) in [6, 6.07) is 7.89. The Morgan fingerprint density at radius 3 is 2.05 bits per heavy atom. The van der Waals surface area contributed by atoms with E-state index in [9.17, 15) is 4.79 Å². The fourth-order valence-electron chi connectivity index (χ4n) is 2.63. The Morgan fingerprint density at radius 1 is 1.05 bits per heavy atom. The number of amides is 2. The van der Waals surface area contributed by atoms with Crippen LogP contribution >= 0.6 is 0 Å². The molecule has 1 N–H and O–H groups in total. The molecule has 1 heterocycles. The lowest BCUT2D eigenvalue weighted by Crippen LogP contribution is -2.55. The van der Waals surface area contributed by atoms with Crippen molar-refractivity contribution in [3.63, 3.8) is 0 Å². The zero-order valence-corrected chi connectivity index (χ0v) is 14.4. The molecule has 1 aliphatic heterocycles. The van der Waals surface area contributed by atoms with Crippen LogP contribution in [0.1, 0.15) is 20.8 Å². The third-order valence-electron chi connectivity index (χ3n) is 4.15. The number of carbonyl (C=O) groups is 1. The van der Waals surface area contributed by atoms with Crippen molar-refractivity contribution in [3.8, 4) is 0 Å². The van der Waals surface area contributed by atoms with Crippen LogP contribution in [0.3, 0.4) is 0 Å². The Balaban J connectivity index is 1.88. The third-order valence-corrected chi connectivity index (χ3v) is 4.15. The van der Waals surface area contributed by atoms with Gasteiger partial charge < -0.3 is 15.1 Å². The van der Waals surface area contributed by atoms with E-state index in [0.717, 1.165) is 37.6 Å². The first-order chi connectivity index (χ1) is 10.3. The number of nitrogens with zero attached hydrogens (tertiary/aromatic N) is 3. The summed E-state index contributed by atoms with van der Waals surface area (Å²) in [5.74, 6) is 0. The molecule has 5 nitrogen and oxygen atoms in total. The van der Waals surface area contributed by atoms with Crippen LogP contribution in [0.15, 0.2) is 24.3 Å². The van der Waals surface area contributed by atoms with Gasteiger partial charge in [0.15, 0.2) is 0 Å². The van der Waals surface area contributed by atoms with Gasteiger partial charge in [-0.3, -0.25) is 4.90 Å². The van der Waals surface area contributed by atoms with Crippen molar-refractivity contribution in [2.75, 3.05) is 50.5 Å². The molecule has 1 fully saturated rings. The standard InChI is InChI=1S/C17H28N4O/c1-17(2,3)21-12-10-20(11-13-21)16(22)18-14-6-8-15(9-7-14)19(4)5/h6-9H,10-13H2,1-5H3,(H,18,22). The molecule has 22 heavy (non-hydrogen) atoms. The first-order valence-corrected chi connectivity index (χ1v) is 7.86. The molecule has 0 aliphatic carbocycles. The van der Waals surface area contributed by atoms with Gasteiger partial charge in [0, 0.05) is 57.2 Å². The van der Waals surface area contributed by atoms with Crippen molar-refractivity contribution >= 4 is 17.4 Å².